The molecule has 0 saturated heterocycles. The van der Waals surface area contributed by atoms with Gasteiger partial charge in [-0.3, -0.25) is 9.59 Å². The minimum Gasteiger partial charge on any atom is -0.481 e. The van der Waals surface area contributed by atoms with Crippen LogP contribution in [0, 0.1) is 5.92 Å². The molecule has 2 rings (SSSR count). The molecule has 0 spiro atoms. The van der Waals surface area contributed by atoms with Crippen molar-refractivity contribution in [2.75, 3.05) is 0 Å². The van der Waals surface area contributed by atoms with Crippen LogP contribution in [0.4, 0.5) is 0 Å². The van der Waals surface area contributed by atoms with Crippen molar-refractivity contribution in [3.63, 3.8) is 0 Å². The molecule has 1 aromatic rings. The summed E-state index contributed by atoms with van der Waals surface area (Å²) in [6, 6.07) is 1.29. The number of aliphatic carboxylic acids is 1. The lowest BCUT2D eigenvalue weighted by atomic mass is 10.0. The van der Waals surface area contributed by atoms with Gasteiger partial charge in [0.2, 0.25) is 0 Å². The van der Waals surface area contributed by atoms with E-state index < -0.39 is 11.9 Å². The van der Waals surface area contributed by atoms with Crippen molar-refractivity contribution in [1.29, 1.82) is 0 Å². The summed E-state index contributed by atoms with van der Waals surface area (Å²) in [5.41, 5.74) is 0.208. The van der Waals surface area contributed by atoms with E-state index in [1.807, 2.05) is 13.8 Å². The molecule has 1 fully saturated rings. The highest BCUT2D eigenvalue weighted by atomic mass is 16.5. The predicted octanol–water partition coefficient (Wildman–Crippen LogP) is 1.78. The van der Waals surface area contributed by atoms with Crippen LogP contribution in [-0.2, 0) is 4.79 Å². The Kier molecular flexibility index (Phi) is 3.87. The number of carboxylic acids is 1. The van der Waals surface area contributed by atoms with Crippen LogP contribution in [0.3, 0.4) is 0 Å². The van der Waals surface area contributed by atoms with Crippen LogP contribution in [-0.4, -0.2) is 28.2 Å². The highest BCUT2D eigenvalue weighted by molar-refractivity contribution is 5.92. The number of carbonyl (C=O) groups excluding carboxylic acids is 1. The van der Waals surface area contributed by atoms with Gasteiger partial charge in [0.25, 0.3) is 5.91 Å². The molecule has 2 atom stereocenters. The van der Waals surface area contributed by atoms with Crippen molar-refractivity contribution in [2.45, 2.75) is 45.1 Å². The van der Waals surface area contributed by atoms with Gasteiger partial charge in [0, 0.05) is 18.0 Å². The van der Waals surface area contributed by atoms with E-state index in [0.29, 0.717) is 18.6 Å². The second-order valence-electron chi connectivity index (χ2n) is 5.22. The number of rotatable bonds is 4. The quantitative estimate of drug-likeness (QED) is 0.866. The Hall–Kier alpha value is -1.85. The summed E-state index contributed by atoms with van der Waals surface area (Å²) in [6.45, 7) is 3.89. The first kappa shape index (κ1) is 13.6. The van der Waals surface area contributed by atoms with Crippen molar-refractivity contribution in [3.8, 4) is 0 Å². The van der Waals surface area contributed by atoms with Gasteiger partial charge in [-0.1, -0.05) is 25.4 Å². The van der Waals surface area contributed by atoms with Gasteiger partial charge in [0.1, 0.15) is 5.76 Å². The molecule has 6 nitrogen and oxygen atoms in total. The van der Waals surface area contributed by atoms with Gasteiger partial charge in [0.15, 0.2) is 5.69 Å². The Morgan fingerprint density at radius 3 is 2.79 bits per heavy atom. The first-order valence-electron chi connectivity index (χ1n) is 6.49. The lowest BCUT2D eigenvalue weighted by Gasteiger charge is -2.16. The minimum absolute atomic E-state index is 0.160. The molecule has 104 valence electrons. The molecule has 0 bridgehead atoms. The number of nitrogens with one attached hydrogen (secondary N) is 1. The fraction of sp³-hybridized carbons (Fsp3) is 0.615. The first-order valence-corrected chi connectivity index (χ1v) is 6.49. The Labute approximate surface area is 111 Å². The van der Waals surface area contributed by atoms with Crippen molar-refractivity contribution < 1.29 is 19.2 Å². The Morgan fingerprint density at radius 2 is 2.21 bits per heavy atom. The summed E-state index contributed by atoms with van der Waals surface area (Å²) in [5.74, 6) is -0.918. The van der Waals surface area contributed by atoms with E-state index in [9.17, 15) is 9.59 Å². The van der Waals surface area contributed by atoms with Crippen LogP contribution in [0.5, 0.6) is 0 Å². The minimum atomic E-state index is -0.856. The third-order valence-electron chi connectivity index (χ3n) is 3.48. The molecular formula is C13H18N2O4. The topological polar surface area (TPSA) is 92.4 Å². The number of hydrogen-bond acceptors (Lipinski definition) is 4. The van der Waals surface area contributed by atoms with Gasteiger partial charge in [-0.15, -0.1) is 0 Å². The van der Waals surface area contributed by atoms with Gasteiger partial charge in [-0.25, -0.2) is 0 Å². The zero-order chi connectivity index (χ0) is 14.0. The van der Waals surface area contributed by atoms with Crippen molar-refractivity contribution in [3.05, 3.63) is 17.5 Å². The maximum atomic E-state index is 12.0. The molecule has 1 aliphatic carbocycles. The Bertz CT molecular complexity index is 481. The largest absolute Gasteiger partial charge is 0.481 e. The third kappa shape index (κ3) is 2.94. The number of carbonyl (C=O) groups is 2. The van der Waals surface area contributed by atoms with Crippen LogP contribution < -0.4 is 5.32 Å². The van der Waals surface area contributed by atoms with Crippen LogP contribution in [0.25, 0.3) is 0 Å². The smallest absolute Gasteiger partial charge is 0.308 e. The zero-order valence-corrected chi connectivity index (χ0v) is 11.0. The molecule has 0 aliphatic heterocycles. The fourth-order valence-corrected chi connectivity index (χ4v) is 2.34. The van der Waals surface area contributed by atoms with Gasteiger partial charge in [-0.05, 0) is 12.8 Å². The fourth-order valence-electron chi connectivity index (χ4n) is 2.34. The summed E-state index contributed by atoms with van der Waals surface area (Å²) >= 11 is 0. The Morgan fingerprint density at radius 1 is 1.47 bits per heavy atom. The zero-order valence-electron chi connectivity index (χ0n) is 11.0. The second-order valence-corrected chi connectivity index (χ2v) is 5.22. The van der Waals surface area contributed by atoms with E-state index in [1.165, 1.54) is 0 Å². The molecule has 0 radical (unpaired) electrons. The maximum Gasteiger partial charge on any atom is 0.308 e. The molecule has 1 saturated carbocycles. The first-order chi connectivity index (χ1) is 8.99. The lowest BCUT2D eigenvalue weighted by molar-refractivity contribution is -0.142. The van der Waals surface area contributed by atoms with Crippen molar-refractivity contribution in [2.24, 2.45) is 5.92 Å². The molecule has 6 heteroatoms. The number of hydrogen-bond donors (Lipinski definition) is 2. The summed E-state index contributed by atoms with van der Waals surface area (Å²) in [7, 11) is 0. The van der Waals surface area contributed by atoms with E-state index >= 15 is 0 Å². The van der Waals surface area contributed by atoms with Crippen molar-refractivity contribution in [1.82, 2.24) is 10.5 Å². The SMILES string of the molecule is CC(C)c1cc(C(=O)N[C@@H]2CCC[C@@H]2C(=O)O)no1. The van der Waals surface area contributed by atoms with E-state index in [4.69, 9.17) is 9.63 Å². The van der Waals surface area contributed by atoms with Crippen LogP contribution in [0.2, 0.25) is 0 Å². The summed E-state index contributed by atoms with van der Waals surface area (Å²) in [4.78, 5) is 23.0. The van der Waals surface area contributed by atoms with E-state index in [-0.39, 0.29) is 23.6 Å². The van der Waals surface area contributed by atoms with Crippen LogP contribution in [0.15, 0.2) is 10.6 Å². The molecule has 1 aliphatic rings. The average Bonchev–Trinajstić information content (AvgIpc) is 2.96. The molecule has 1 amide bonds. The van der Waals surface area contributed by atoms with Gasteiger partial charge in [-0.2, -0.15) is 0 Å². The highest BCUT2D eigenvalue weighted by Crippen LogP contribution is 2.26. The van der Waals surface area contributed by atoms with E-state index in [1.54, 1.807) is 6.07 Å². The highest BCUT2D eigenvalue weighted by Gasteiger charge is 2.34. The summed E-state index contributed by atoms with van der Waals surface area (Å²) in [6.07, 6.45) is 2.12. The lowest BCUT2D eigenvalue weighted by Crippen LogP contribution is -2.40. The molecule has 0 aromatic carbocycles. The Balaban J connectivity index is 2.02. The molecule has 1 aromatic heterocycles. The monoisotopic (exact) mass is 266 g/mol. The molecule has 0 unspecified atom stereocenters. The maximum absolute atomic E-state index is 12.0. The number of nitrogens with zero attached hydrogens (tertiary/aromatic N) is 1. The summed E-state index contributed by atoms with van der Waals surface area (Å²) < 4.78 is 5.06. The molecule has 2 N–H and O–H groups in total. The average molecular weight is 266 g/mol. The second kappa shape index (κ2) is 5.42. The number of aromatic nitrogens is 1. The van der Waals surface area contributed by atoms with Gasteiger partial charge >= 0.3 is 5.97 Å². The number of amides is 1. The molecular weight excluding hydrogens is 248 g/mol. The summed E-state index contributed by atoms with van der Waals surface area (Å²) in [5, 5.41) is 15.5. The van der Waals surface area contributed by atoms with Crippen molar-refractivity contribution >= 4 is 11.9 Å². The van der Waals surface area contributed by atoms with Crippen LogP contribution in [0.1, 0.15) is 55.3 Å². The molecule has 19 heavy (non-hydrogen) atoms. The van der Waals surface area contributed by atoms with Gasteiger partial charge in [0.05, 0.1) is 5.92 Å². The van der Waals surface area contributed by atoms with Gasteiger partial charge < -0.3 is 14.9 Å². The van der Waals surface area contributed by atoms with E-state index in [0.717, 1.165) is 6.42 Å². The standard InChI is InChI=1S/C13H18N2O4/c1-7(2)11-6-10(15-19-11)12(16)14-9-5-3-4-8(9)13(17)18/h6-9H,3-5H2,1-2H3,(H,14,16)(H,17,18)/t8-,9+/m0/s1. The molecule has 1 heterocycles. The number of carboxylic acid groups (broad SMARTS) is 1. The predicted molar refractivity (Wildman–Crippen MR) is 66.8 cm³/mol. The third-order valence-corrected chi connectivity index (χ3v) is 3.48. The van der Waals surface area contributed by atoms with Crippen LogP contribution >= 0.6 is 0 Å². The normalized spacial score (nSPS) is 22.7. The van der Waals surface area contributed by atoms with E-state index in [2.05, 4.69) is 10.5 Å².